The van der Waals surface area contributed by atoms with Crippen molar-refractivity contribution in [2.24, 2.45) is 16.6 Å². The molecule has 2 bridgehead atoms. The van der Waals surface area contributed by atoms with Crippen LogP contribution < -0.4 is 48.4 Å². The van der Waals surface area contributed by atoms with E-state index in [4.69, 9.17) is 38.8 Å². The largest absolute Gasteiger partial charge is 0.508 e. The number of hydroxylamine groups is 1. The molecule has 1 aliphatic rings. The first-order chi connectivity index (χ1) is 54.5. The Labute approximate surface area is 662 Å². The second-order valence-corrected chi connectivity index (χ2v) is 28.5. The number of rotatable bonds is 36. The number of para-hydroxylation sites is 1. The fraction of sp³-hybridized carbons (Fsp3) is 0.467. The number of aromatic amines is 1. The smallest absolute Gasteiger partial charge is 0.243 e. The molecule has 7 atom stereocenters. The number of nitrogens with two attached hydrogens (primary N) is 1. The highest BCUT2D eigenvalue weighted by Crippen LogP contribution is 2.26. The van der Waals surface area contributed by atoms with Crippen LogP contribution in [0.4, 0.5) is 10.1 Å². The first-order valence-corrected chi connectivity index (χ1v) is 38.6. The van der Waals surface area contributed by atoms with Gasteiger partial charge in [-0.15, -0.1) is 5.10 Å². The van der Waals surface area contributed by atoms with Gasteiger partial charge in [0.05, 0.1) is 94.3 Å². The Morgan fingerprint density at radius 3 is 1.88 bits per heavy atom. The van der Waals surface area contributed by atoms with E-state index in [1.54, 1.807) is 50.5 Å². The van der Waals surface area contributed by atoms with Gasteiger partial charge < -0.3 is 86.6 Å². The fourth-order valence-electron chi connectivity index (χ4n) is 11.5. The first kappa shape index (κ1) is 88.2. The zero-order chi connectivity index (χ0) is 81.0. The second-order valence-electron chi connectivity index (χ2n) is 26.6. The molecule has 8 amide bonds. The van der Waals surface area contributed by atoms with Crippen LogP contribution in [0.25, 0.3) is 10.9 Å². The molecule has 14 N–H and O–H groups in total. The van der Waals surface area contributed by atoms with Crippen molar-refractivity contribution < 1.29 is 96.0 Å². The molecule has 0 saturated heterocycles. The second kappa shape index (κ2) is 46.6. The highest BCUT2D eigenvalue weighted by Gasteiger charge is 2.36. The maximum absolute atomic E-state index is 15.1. The molecule has 3 aromatic heterocycles. The number of amides is 8. The Morgan fingerprint density at radius 2 is 1.27 bits per heavy atom. The number of hydrogen-bond donors (Lipinski definition) is 13. The number of fused-ring (bicyclic) bond motifs is 3. The monoisotopic (exact) mass is 1650 g/mol. The zero-order valence-corrected chi connectivity index (χ0v) is 65.1. The number of carbonyl (C=O) groups excluding carboxylic acids is 9. The summed E-state index contributed by atoms with van der Waals surface area (Å²) in [6.07, 6.45) is 3.90. The third-order valence-electron chi connectivity index (χ3n) is 17.6. The van der Waals surface area contributed by atoms with Crippen LogP contribution in [0.5, 0.6) is 11.5 Å². The molecule has 1 aliphatic heterocycles. The van der Waals surface area contributed by atoms with Gasteiger partial charge in [0, 0.05) is 75.0 Å². The van der Waals surface area contributed by atoms with E-state index in [0.717, 1.165) is 22.7 Å². The minimum atomic E-state index is -1.45. The number of phenolic OH excluding ortho intramolecular Hbond substituents is 2. The average Bonchev–Trinajstić information content (AvgIpc) is 1.74. The minimum absolute atomic E-state index is 0.0454. The van der Waals surface area contributed by atoms with Crippen LogP contribution in [0.3, 0.4) is 0 Å². The van der Waals surface area contributed by atoms with Crippen molar-refractivity contribution in [3.63, 3.8) is 0 Å². The molecule has 0 radical (unpaired) electrons. The quantitative estimate of drug-likeness (QED) is 0.00882. The van der Waals surface area contributed by atoms with Crippen LogP contribution in [0.2, 0.25) is 0 Å². The van der Waals surface area contributed by atoms with Crippen LogP contribution >= 0.6 is 27.7 Å². The van der Waals surface area contributed by atoms with Crippen molar-refractivity contribution in [2.75, 3.05) is 85.0 Å². The van der Waals surface area contributed by atoms with Gasteiger partial charge in [-0.3, -0.25) is 58.5 Å². The minimum Gasteiger partial charge on any atom is -0.508 e. The van der Waals surface area contributed by atoms with Crippen molar-refractivity contribution >= 4 is 103 Å². The molecule has 0 saturated carbocycles. The molecule has 35 nitrogen and oxygen atoms in total. The maximum atomic E-state index is 15.1. The lowest BCUT2D eigenvalue weighted by molar-refractivity contribution is -0.136. The molecule has 7 aromatic rings. The van der Waals surface area contributed by atoms with E-state index < -0.39 is 101 Å². The molecule has 38 heteroatoms. The molecule has 0 fully saturated rings. The third-order valence-corrected chi connectivity index (χ3v) is 19.2. The van der Waals surface area contributed by atoms with Gasteiger partial charge in [0.2, 0.25) is 47.3 Å². The van der Waals surface area contributed by atoms with Crippen LogP contribution in [-0.2, 0) is 104 Å². The van der Waals surface area contributed by atoms with E-state index in [2.05, 4.69) is 83.7 Å². The lowest BCUT2D eigenvalue weighted by Gasteiger charge is -2.28. The van der Waals surface area contributed by atoms with Crippen LogP contribution in [0.15, 0.2) is 123 Å². The van der Waals surface area contributed by atoms with Gasteiger partial charge in [0.25, 0.3) is 0 Å². The number of primary amides is 1. The molecule has 8 rings (SSSR count). The number of Topliss-reactive ketones (excluding diaryl/α,β-unsaturated/α-hetero) is 1. The molecule has 610 valence electrons. The third kappa shape index (κ3) is 29.9. The molecule has 0 aliphatic carbocycles. The van der Waals surface area contributed by atoms with Crippen molar-refractivity contribution in [3.8, 4) is 11.5 Å². The van der Waals surface area contributed by atoms with Gasteiger partial charge in [-0.05, 0) is 130 Å². The number of aryl methyl sites for hydroxylation is 1. The number of amidine groups is 1. The maximum Gasteiger partial charge on any atom is 0.243 e. The Morgan fingerprint density at radius 1 is 0.690 bits per heavy atom. The van der Waals surface area contributed by atoms with Gasteiger partial charge in [0.15, 0.2) is 16.6 Å². The van der Waals surface area contributed by atoms with Crippen LogP contribution in [0.1, 0.15) is 87.4 Å². The van der Waals surface area contributed by atoms with E-state index in [0.29, 0.717) is 87.9 Å². The number of carbonyl (C=O) groups is 9. The SMILES string of the molecule is CC(C)[C@H]1NC(=O)[C@@H](Cc2ccc(O)cc2)NC(=O)[C@@H](Cc2c[nH]c3ccccc23)NC(=O)[C@@H](NC(=O)CCOCCOCCOCCOCCOCCOCCCC(=O)CSc2nonc2C(=Nc2ccc(F)c(Br)c2)NO)Cc2cn(nn2)CCCC[C@@H](C(N)=O)NC(=O)[C@@H](Cc2ccc(O)cc2)NC(=O)[C@@H](C)NC1=O. The lowest BCUT2D eigenvalue weighted by Crippen LogP contribution is -2.61. The van der Waals surface area contributed by atoms with E-state index in [9.17, 15) is 58.2 Å². The topological polar surface area (TPSA) is 490 Å². The molecule has 113 heavy (non-hydrogen) atoms. The van der Waals surface area contributed by atoms with Gasteiger partial charge in [-0.25, -0.2) is 14.0 Å². The van der Waals surface area contributed by atoms with Crippen molar-refractivity contribution in [2.45, 2.75) is 139 Å². The molecule has 4 heterocycles. The zero-order valence-electron chi connectivity index (χ0n) is 62.7. The van der Waals surface area contributed by atoms with E-state index >= 15 is 4.79 Å². The number of nitrogens with one attached hydrogen (secondary N) is 9. The lowest BCUT2D eigenvalue weighted by atomic mass is 9.99. The number of aliphatic imine (C=N–C) groups is 1. The van der Waals surface area contributed by atoms with Gasteiger partial charge in [0.1, 0.15) is 65.4 Å². The van der Waals surface area contributed by atoms with Gasteiger partial charge in [-0.2, -0.15) is 0 Å². The summed E-state index contributed by atoms with van der Waals surface area (Å²) < 4.78 is 53.9. The van der Waals surface area contributed by atoms with Gasteiger partial charge >= 0.3 is 0 Å². The van der Waals surface area contributed by atoms with Crippen LogP contribution in [-0.4, -0.2) is 232 Å². The van der Waals surface area contributed by atoms with Crippen molar-refractivity contribution in [3.05, 3.63) is 142 Å². The molecular weight excluding hydrogens is 1560 g/mol. The average molecular weight is 1660 g/mol. The highest BCUT2D eigenvalue weighted by atomic mass is 79.9. The normalized spacial score (nSPS) is 18.8. The Bertz CT molecular complexity index is 4290. The van der Waals surface area contributed by atoms with E-state index in [-0.39, 0.29) is 134 Å². The van der Waals surface area contributed by atoms with Crippen molar-refractivity contribution in [1.82, 2.24) is 73.0 Å². The number of ether oxygens (including phenoxy) is 6. The van der Waals surface area contributed by atoms with Gasteiger partial charge in [-0.1, -0.05) is 73.3 Å². The number of thioether (sulfide) groups is 1. The predicted octanol–water partition coefficient (Wildman–Crippen LogP) is 3.15. The number of benzene rings is 4. The number of aromatic nitrogens is 6. The van der Waals surface area contributed by atoms with E-state index in [1.807, 2.05) is 29.7 Å². The Kier molecular flexibility index (Phi) is 36.4. The standard InChI is InChI=1S/C75H96BrFN16O19S/c1-45(2)65-74(104)80-46(3)69(99)84-60(37-47-13-18-52(94)19-14-47)70(100)83-59(67(78)98)12-6-7-24-93-43-51(88-92-93)41-63(72(102)86-62(39-49-42-79-58-11-5-4-10-55(49)58)71(101)85-61(73(103)87-65)38-48-15-20-53(95)21-16-48)82-64(97)23-26-107-28-30-109-32-34-111-36-35-110-33-31-108-29-27-106-25-8-9-54(96)44-113-75-66(90-112-91-75)68(89-105)81-50-17-22-57(77)56(76)40-50/h4-5,10-11,13-22,40,42-43,45-46,59-63,65,79,94-95,105H,6-9,12,23-39,41,44H2,1-3H3,(H2,78,98)(H,80,104)(H,81,89)(H,82,97)(H,83,100)(H,84,99)(H,85,101)(H,86,102)(H,87,103)/t46-,59+,60-,61-,62-,63+,65-/m1/s1. The Hall–Kier alpha value is -10.3. The number of nitrogens with zero attached hydrogens (tertiary/aromatic N) is 6. The molecular formula is C75H96BrFN16O19S. The summed E-state index contributed by atoms with van der Waals surface area (Å²) in [6.45, 7) is 7.88. The number of hydrogen-bond acceptors (Lipinski definition) is 25. The van der Waals surface area contributed by atoms with Crippen LogP contribution in [0, 0.1) is 11.7 Å². The van der Waals surface area contributed by atoms with E-state index in [1.165, 1.54) is 54.1 Å². The number of ketones is 1. The molecule has 0 spiro atoms. The summed E-state index contributed by atoms with van der Waals surface area (Å²) >= 11 is 4.15. The fourth-order valence-corrected chi connectivity index (χ4v) is 12.6. The number of aromatic hydroxyl groups is 2. The Balaban J connectivity index is 0.815. The first-order valence-electron chi connectivity index (χ1n) is 36.8. The number of halogens is 2. The number of phenols is 2. The summed E-state index contributed by atoms with van der Waals surface area (Å²) in [4.78, 5) is 134. The predicted molar refractivity (Wildman–Crippen MR) is 410 cm³/mol. The summed E-state index contributed by atoms with van der Waals surface area (Å²) in [5.41, 5.74) is 10.7. The summed E-state index contributed by atoms with van der Waals surface area (Å²) in [5.74, 6) is -7.66. The highest BCUT2D eigenvalue weighted by molar-refractivity contribution is 9.10. The number of H-pyrrole nitrogens is 1. The summed E-state index contributed by atoms with van der Waals surface area (Å²) in [6, 6.07) is 13.6. The molecule has 4 aromatic carbocycles. The van der Waals surface area contributed by atoms with Crippen molar-refractivity contribution in [1.29, 1.82) is 0 Å². The molecule has 0 unspecified atom stereocenters. The summed E-state index contributed by atoms with van der Waals surface area (Å²) in [5, 5.41) is 66.1. The summed E-state index contributed by atoms with van der Waals surface area (Å²) in [7, 11) is 0.